The van der Waals surface area contributed by atoms with E-state index < -0.39 is 0 Å². The molecule has 0 spiro atoms. The molecule has 0 aliphatic carbocycles. The second kappa shape index (κ2) is 6.99. The molecule has 0 fully saturated rings. The Morgan fingerprint density at radius 2 is 1.56 bits per heavy atom. The number of hydrogen-bond donors (Lipinski definition) is 1. The average molecular weight is 364 g/mol. The Bertz CT molecular complexity index is 937. The van der Waals surface area contributed by atoms with Crippen LogP contribution in [0.5, 0.6) is 0 Å². The third kappa shape index (κ3) is 3.50. The lowest BCUT2D eigenvalue weighted by atomic mass is 10.0. The van der Waals surface area contributed by atoms with E-state index in [-0.39, 0.29) is 23.6 Å². The summed E-state index contributed by atoms with van der Waals surface area (Å²) in [5.41, 5.74) is 4.89. The van der Waals surface area contributed by atoms with Gasteiger partial charge in [-0.3, -0.25) is 19.3 Å². The quantitative estimate of drug-likeness (QED) is 0.830. The zero-order valence-corrected chi connectivity index (χ0v) is 16.3. The van der Waals surface area contributed by atoms with E-state index in [1.165, 1.54) is 11.0 Å². The van der Waals surface area contributed by atoms with Gasteiger partial charge in [-0.2, -0.15) is 0 Å². The summed E-state index contributed by atoms with van der Waals surface area (Å²) in [4.78, 5) is 39.0. The Kier molecular flexibility index (Phi) is 4.87. The Balaban J connectivity index is 1.89. The number of rotatable bonds is 4. The Hall–Kier alpha value is -2.95. The van der Waals surface area contributed by atoms with E-state index in [2.05, 4.69) is 5.32 Å². The van der Waals surface area contributed by atoms with Crippen molar-refractivity contribution in [1.82, 2.24) is 4.90 Å². The zero-order chi connectivity index (χ0) is 19.9. The topological polar surface area (TPSA) is 66.5 Å². The van der Waals surface area contributed by atoms with Crippen LogP contribution in [0.25, 0.3) is 0 Å². The van der Waals surface area contributed by atoms with Gasteiger partial charge in [0.25, 0.3) is 17.7 Å². The monoisotopic (exact) mass is 364 g/mol. The number of nitrogens with one attached hydrogen (secondary N) is 1. The van der Waals surface area contributed by atoms with Crippen molar-refractivity contribution in [3.8, 4) is 0 Å². The second-order valence-corrected chi connectivity index (χ2v) is 7.60. The van der Waals surface area contributed by atoms with E-state index in [0.717, 1.165) is 22.4 Å². The first-order valence-electron chi connectivity index (χ1n) is 9.08. The van der Waals surface area contributed by atoms with Crippen molar-refractivity contribution in [2.75, 3.05) is 11.9 Å². The molecular weight excluding hydrogens is 340 g/mol. The molecule has 2 aromatic rings. The Morgan fingerprint density at radius 3 is 2.15 bits per heavy atom. The molecule has 0 radical (unpaired) electrons. The predicted molar refractivity (Wildman–Crippen MR) is 105 cm³/mol. The van der Waals surface area contributed by atoms with Gasteiger partial charge in [0, 0.05) is 17.8 Å². The van der Waals surface area contributed by atoms with Crippen LogP contribution in [0.2, 0.25) is 0 Å². The van der Waals surface area contributed by atoms with Gasteiger partial charge in [0.2, 0.25) is 0 Å². The highest BCUT2D eigenvalue weighted by Gasteiger charge is 2.36. The molecule has 0 bridgehead atoms. The molecule has 0 saturated carbocycles. The van der Waals surface area contributed by atoms with Crippen molar-refractivity contribution in [3.05, 3.63) is 63.7 Å². The third-order valence-electron chi connectivity index (χ3n) is 4.70. The van der Waals surface area contributed by atoms with Crippen LogP contribution >= 0.6 is 0 Å². The normalized spacial score (nSPS) is 13.3. The summed E-state index contributed by atoms with van der Waals surface area (Å²) < 4.78 is 0. The fourth-order valence-electron chi connectivity index (χ4n) is 3.53. The molecule has 5 nitrogen and oxygen atoms in total. The fraction of sp³-hybridized carbons (Fsp3) is 0.318. The van der Waals surface area contributed by atoms with E-state index in [1.807, 2.05) is 46.8 Å². The van der Waals surface area contributed by atoms with Gasteiger partial charge in [-0.15, -0.1) is 0 Å². The molecule has 0 unspecified atom stereocenters. The van der Waals surface area contributed by atoms with Crippen LogP contribution in [0.3, 0.4) is 0 Å². The van der Waals surface area contributed by atoms with Crippen LogP contribution in [0.15, 0.2) is 30.3 Å². The molecule has 1 aliphatic heterocycles. The van der Waals surface area contributed by atoms with Crippen molar-refractivity contribution in [1.29, 1.82) is 0 Å². The van der Waals surface area contributed by atoms with Gasteiger partial charge >= 0.3 is 0 Å². The van der Waals surface area contributed by atoms with E-state index >= 15 is 0 Å². The van der Waals surface area contributed by atoms with Crippen molar-refractivity contribution < 1.29 is 14.4 Å². The van der Waals surface area contributed by atoms with Crippen LogP contribution in [0.4, 0.5) is 5.69 Å². The molecule has 27 heavy (non-hydrogen) atoms. The summed E-state index contributed by atoms with van der Waals surface area (Å²) in [5, 5.41) is 2.93. The molecule has 5 heteroatoms. The zero-order valence-electron chi connectivity index (χ0n) is 16.3. The number of benzene rings is 2. The van der Waals surface area contributed by atoms with E-state index in [0.29, 0.717) is 23.2 Å². The minimum Gasteiger partial charge on any atom is -0.322 e. The van der Waals surface area contributed by atoms with Gasteiger partial charge in [-0.05, 0) is 56.0 Å². The van der Waals surface area contributed by atoms with Gasteiger partial charge in [-0.1, -0.05) is 31.5 Å². The number of amides is 3. The lowest BCUT2D eigenvalue weighted by molar-refractivity contribution is 0.0636. The van der Waals surface area contributed by atoms with Crippen molar-refractivity contribution in [3.63, 3.8) is 0 Å². The summed E-state index contributed by atoms with van der Waals surface area (Å²) in [6.45, 7) is 10.2. The summed E-state index contributed by atoms with van der Waals surface area (Å²) >= 11 is 0. The van der Waals surface area contributed by atoms with Crippen molar-refractivity contribution in [2.45, 2.75) is 34.6 Å². The molecule has 1 aliphatic rings. The number of hydrogen-bond acceptors (Lipinski definition) is 3. The fourth-order valence-corrected chi connectivity index (χ4v) is 3.53. The molecule has 1 N–H and O–H groups in total. The van der Waals surface area contributed by atoms with Crippen molar-refractivity contribution in [2.24, 2.45) is 5.92 Å². The third-order valence-corrected chi connectivity index (χ3v) is 4.70. The molecule has 0 saturated heterocycles. The number of carbonyl (C=O) groups is 3. The number of fused-ring (bicyclic) bond motifs is 1. The highest BCUT2D eigenvalue weighted by molar-refractivity contribution is 6.22. The smallest absolute Gasteiger partial charge is 0.261 e. The first kappa shape index (κ1) is 18.8. The second-order valence-electron chi connectivity index (χ2n) is 7.60. The summed E-state index contributed by atoms with van der Waals surface area (Å²) in [7, 11) is 0. The SMILES string of the molecule is Cc1cc(C)c(NC(=O)c2ccc3c(c2)C(=O)N(CC(C)C)C3=O)c(C)c1. The number of anilines is 1. The van der Waals surface area contributed by atoms with Crippen molar-refractivity contribution >= 4 is 23.4 Å². The van der Waals surface area contributed by atoms with Gasteiger partial charge in [0.15, 0.2) is 0 Å². The number of imide groups is 1. The minimum atomic E-state index is -0.332. The van der Waals surface area contributed by atoms with Crippen LogP contribution in [-0.2, 0) is 0 Å². The summed E-state index contributed by atoms with van der Waals surface area (Å²) in [5.74, 6) is -0.736. The number of carbonyl (C=O) groups excluding carboxylic acids is 3. The molecule has 3 amide bonds. The summed E-state index contributed by atoms with van der Waals surface area (Å²) in [6.07, 6.45) is 0. The molecular formula is C22H24N2O3. The first-order chi connectivity index (χ1) is 12.7. The Morgan fingerprint density at radius 1 is 0.963 bits per heavy atom. The lowest BCUT2D eigenvalue weighted by Gasteiger charge is -2.15. The molecule has 1 heterocycles. The predicted octanol–water partition coefficient (Wildman–Crippen LogP) is 4.12. The first-order valence-corrected chi connectivity index (χ1v) is 9.08. The van der Waals surface area contributed by atoms with Crippen LogP contribution in [0.1, 0.15) is 61.6 Å². The van der Waals surface area contributed by atoms with E-state index in [4.69, 9.17) is 0 Å². The van der Waals surface area contributed by atoms with Gasteiger partial charge in [0.05, 0.1) is 11.1 Å². The molecule has 3 rings (SSSR count). The standard InChI is InChI=1S/C22H24N2O3/c1-12(2)11-24-21(26)17-7-6-16(10-18(17)22(24)27)20(25)23-19-14(4)8-13(3)9-15(19)5/h6-10,12H,11H2,1-5H3,(H,23,25). The van der Waals surface area contributed by atoms with Gasteiger partial charge in [-0.25, -0.2) is 0 Å². The maximum absolute atomic E-state index is 12.7. The molecule has 0 aromatic heterocycles. The molecule has 0 atom stereocenters. The number of nitrogens with zero attached hydrogens (tertiary/aromatic N) is 1. The largest absolute Gasteiger partial charge is 0.322 e. The minimum absolute atomic E-state index is 0.183. The van der Waals surface area contributed by atoms with Gasteiger partial charge in [0.1, 0.15) is 0 Å². The highest BCUT2D eigenvalue weighted by atomic mass is 16.2. The summed E-state index contributed by atoms with van der Waals surface area (Å²) in [6, 6.07) is 8.70. The number of aryl methyl sites for hydroxylation is 3. The van der Waals surface area contributed by atoms with Gasteiger partial charge < -0.3 is 5.32 Å². The van der Waals surface area contributed by atoms with Crippen LogP contribution in [-0.4, -0.2) is 29.2 Å². The Labute approximate surface area is 159 Å². The molecule has 140 valence electrons. The average Bonchev–Trinajstić information content (AvgIpc) is 2.82. The lowest BCUT2D eigenvalue weighted by Crippen LogP contribution is -2.33. The molecule has 2 aromatic carbocycles. The van der Waals surface area contributed by atoms with E-state index in [9.17, 15) is 14.4 Å². The maximum atomic E-state index is 12.7. The highest BCUT2D eigenvalue weighted by Crippen LogP contribution is 2.26. The van der Waals surface area contributed by atoms with Crippen LogP contribution in [0, 0.1) is 26.7 Å². The maximum Gasteiger partial charge on any atom is 0.261 e. The van der Waals surface area contributed by atoms with Crippen LogP contribution < -0.4 is 5.32 Å². The van der Waals surface area contributed by atoms with E-state index in [1.54, 1.807) is 12.1 Å².